The Hall–Kier alpha value is -0.900. The fourth-order valence-corrected chi connectivity index (χ4v) is 3.87. The summed E-state index contributed by atoms with van der Waals surface area (Å²) in [6.07, 6.45) is 2.42. The van der Waals surface area contributed by atoms with E-state index in [1.54, 1.807) is 0 Å². The van der Waals surface area contributed by atoms with Crippen LogP contribution in [-0.2, 0) is 11.3 Å². The lowest BCUT2D eigenvalue weighted by atomic mass is 9.97. The van der Waals surface area contributed by atoms with Crippen LogP contribution in [-0.4, -0.2) is 54.7 Å². The summed E-state index contributed by atoms with van der Waals surface area (Å²) in [7, 11) is 0. The van der Waals surface area contributed by atoms with E-state index in [0.717, 1.165) is 37.8 Å². The third-order valence-corrected chi connectivity index (χ3v) is 5.17. The Labute approximate surface area is 141 Å². The van der Waals surface area contributed by atoms with Crippen molar-refractivity contribution >= 4 is 0 Å². The summed E-state index contributed by atoms with van der Waals surface area (Å²) in [6, 6.07) is 10.5. The van der Waals surface area contributed by atoms with Crippen LogP contribution < -0.4 is 0 Å². The molecular weight excluding hydrogens is 284 g/mol. The van der Waals surface area contributed by atoms with E-state index in [0.29, 0.717) is 0 Å². The van der Waals surface area contributed by atoms with Gasteiger partial charge in [-0.1, -0.05) is 43.7 Å². The summed E-state index contributed by atoms with van der Waals surface area (Å²) in [5.41, 5.74) is 2.79. The molecule has 0 saturated carbocycles. The van der Waals surface area contributed by atoms with Crippen LogP contribution in [0, 0.1) is 12.8 Å². The molecular formula is C20H32N2O. The monoisotopic (exact) mass is 316 g/mol. The van der Waals surface area contributed by atoms with E-state index in [4.69, 9.17) is 4.74 Å². The van der Waals surface area contributed by atoms with Crippen LogP contribution in [0.4, 0.5) is 0 Å². The van der Waals surface area contributed by atoms with Gasteiger partial charge in [0.2, 0.25) is 0 Å². The minimum atomic E-state index is 0.734. The predicted molar refractivity (Wildman–Crippen MR) is 95.6 cm³/mol. The highest BCUT2D eigenvalue weighted by molar-refractivity contribution is 5.21. The van der Waals surface area contributed by atoms with Gasteiger partial charge in [0.1, 0.15) is 0 Å². The molecule has 0 spiro atoms. The summed E-state index contributed by atoms with van der Waals surface area (Å²) in [4.78, 5) is 5.38. The molecule has 0 aromatic heterocycles. The molecule has 0 radical (unpaired) electrons. The molecule has 2 aliphatic rings. The predicted octanol–water partition coefficient (Wildman–Crippen LogP) is 3.32. The molecule has 1 aromatic carbocycles. The van der Waals surface area contributed by atoms with Gasteiger partial charge in [0.15, 0.2) is 0 Å². The van der Waals surface area contributed by atoms with Crippen molar-refractivity contribution in [2.75, 3.05) is 32.8 Å². The fraction of sp³-hybridized carbons (Fsp3) is 0.700. The van der Waals surface area contributed by atoms with Gasteiger partial charge >= 0.3 is 0 Å². The summed E-state index contributed by atoms with van der Waals surface area (Å²) in [5.74, 6) is 0.740. The number of ether oxygens (including phenoxy) is 1. The third kappa shape index (κ3) is 4.56. The number of hydrogen-bond acceptors (Lipinski definition) is 3. The van der Waals surface area contributed by atoms with Gasteiger partial charge in [-0.25, -0.2) is 0 Å². The van der Waals surface area contributed by atoms with Gasteiger partial charge in [0, 0.05) is 51.5 Å². The minimum absolute atomic E-state index is 0.734. The number of likely N-dealkylation sites (tertiary alicyclic amines) is 1. The molecule has 128 valence electrons. The van der Waals surface area contributed by atoms with Crippen molar-refractivity contribution in [3.05, 3.63) is 35.4 Å². The standard InChI is InChI=1S/C20H32N2O/c1-16(2)12-22(19-8-10-23-11-9-19)20-14-21(15-20)13-18-6-4-17(3)5-7-18/h4-7,16,19-20H,8-15H2,1-3H3. The van der Waals surface area contributed by atoms with Crippen molar-refractivity contribution in [2.45, 2.75) is 52.2 Å². The third-order valence-electron chi connectivity index (χ3n) is 5.17. The van der Waals surface area contributed by atoms with Gasteiger partial charge < -0.3 is 4.74 Å². The van der Waals surface area contributed by atoms with Crippen molar-refractivity contribution in [1.82, 2.24) is 9.80 Å². The molecule has 0 aliphatic carbocycles. The minimum Gasteiger partial charge on any atom is -0.381 e. The Morgan fingerprint density at radius 3 is 2.35 bits per heavy atom. The molecule has 0 bridgehead atoms. The van der Waals surface area contributed by atoms with Gasteiger partial charge in [0.25, 0.3) is 0 Å². The topological polar surface area (TPSA) is 15.7 Å². The number of aryl methyl sites for hydroxylation is 1. The Morgan fingerprint density at radius 2 is 1.74 bits per heavy atom. The molecule has 3 rings (SSSR count). The van der Waals surface area contributed by atoms with Crippen molar-refractivity contribution < 1.29 is 4.74 Å². The first-order valence-electron chi connectivity index (χ1n) is 9.23. The zero-order valence-electron chi connectivity index (χ0n) is 15.0. The molecule has 2 fully saturated rings. The molecule has 2 saturated heterocycles. The molecule has 0 N–H and O–H groups in total. The van der Waals surface area contributed by atoms with E-state index in [2.05, 4.69) is 54.8 Å². The Morgan fingerprint density at radius 1 is 1.09 bits per heavy atom. The number of nitrogens with zero attached hydrogens (tertiary/aromatic N) is 2. The van der Waals surface area contributed by atoms with Crippen molar-refractivity contribution in [2.24, 2.45) is 5.92 Å². The number of benzene rings is 1. The van der Waals surface area contributed by atoms with E-state index in [1.165, 1.54) is 43.6 Å². The normalized spacial score (nSPS) is 21.1. The molecule has 2 heterocycles. The average Bonchev–Trinajstić information content (AvgIpc) is 2.51. The maximum absolute atomic E-state index is 5.56. The second kappa shape index (κ2) is 7.78. The van der Waals surface area contributed by atoms with Gasteiger partial charge in [0.05, 0.1) is 0 Å². The first-order chi connectivity index (χ1) is 11.1. The average molecular weight is 316 g/mol. The van der Waals surface area contributed by atoms with Crippen LogP contribution in [0.2, 0.25) is 0 Å². The zero-order valence-corrected chi connectivity index (χ0v) is 15.0. The van der Waals surface area contributed by atoms with Gasteiger partial charge in [-0.3, -0.25) is 9.80 Å². The number of hydrogen-bond donors (Lipinski definition) is 0. The lowest BCUT2D eigenvalue weighted by Crippen LogP contribution is -2.62. The van der Waals surface area contributed by atoms with E-state index in [1.807, 2.05) is 0 Å². The van der Waals surface area contributed by atoms with Crippen molar-refractivity contribution in [3.8, 4) is 0 Å². The van der Waals surface area contributed by atoms with Crippen LogP contribution in [0.1, 0.15) is 37.8 Å². The van der Waals surface area contributed by atoms with E-state index >= 15 is 0 Å². The van der Waals surface area contributed by atoms with Gasteiger partial charge in [-0.15, -0.1) is 0 Å². The van der Waals surface area contributed by atoms with Crippen LogP contribution in [0.5, 0.6) is 0 Å². The van der Waals surface area contributed by atoms with E-state index < -0.39 is 0 Å². The van der Waals surface area contributed by atoms with E-state index in [-0.39, 0.29) is 0 Å². The first kappa shape index (κ1) is 16.9. The molecule has 2 aliphatic heterocycles. The highest BCUT2D eigenvalue weighted by Gasteiger charge is 2.36. The first-order valence-corrected chi connectivity index (χ1v) is 9.23. The second-order valence-electron chi connectivity index (χ2n) is 7.77. The van der Waals surface area contributed by atoms with Gasteiger partial charge in [-0.05, 0) is 31.2 Å². The zero-order chi connectivity index (χ0) is 16.2. The summed E-state index contributed by atoms with van der Waals surface area (Å²) in [5, 5.41) is 0. The van der Waals surface area contributed by atoms with Crippen molar-refractivity contribution in [1.29, 1.82) is 0 Å². The highest BCUT2D eigenvalue weighted by Crippen LogP contribution is 2.25. The molecule has 0 atom stereocenters. The lowest BCUT2D eigenvalue weighted by Gasteiger charge is -2.49. The van der Waals surface area contributed by atoms with Crippen LogP contribution in [0.3, 0.4) is 0 Å². The molecule has 23 heavy (non-hydrogen) atoms. The quantitative estimate of drug-likeness (QED) is 0.801. The van der Waals surface area contributed by atoms with Crippen LogP contribution in [0.15, 0.2) is 24.3 Å². The van der Waals surface area contributed by atoms with Gasteiger partial charge in [-0.2, -0.15) is 0 Å². The summed E-state index contributed by atoms with van der Waals surface area (Å²) < 4.78 is 5.56. The molecule has 3 heteroatoms. The summed E-state index contributed by atoms with van der Waals surface area (Å²) in [6.45, 7) is 13.5. The Kier molecular flexibility index (Phi) is 5.73. The van der Waals surface area contributed by atoms with Crippen molar-refractivity contribution in [3.63, 3.8) is 0 Å². The molecule has 3 nitrogen and oxygen atoms in total. The second-order valence-corrected chi connectivity index (χ2v) is 7.77. The van der Waals surface area contributed by atoms with Crippen LogP contribution >= 0.6 is 0 Å². The Bertz CT molecular complexity index is 473. The number of rotatable bonds is 6. The maximum atomic E-state index is 5.56. The molecule has 0 unspecified atom stereocenters. The SMILES string of the molecule is Cc1ccc(CN2CC(N(CC(C)C)C3CCOCC3)C2)cc1. The largest absolute Gasteiger partial charge is 0.381 e. The smallest absolute Gasteiger partial charge is 0.0480 e. The van der Waals surface area contributed by atoms with Crippen LogP contribution in [0.25, 0.3) is 0 Å². The molecule has 0 amide bonds. The fourth-order valence-electron chi connectivity index (χ4n) is 3.87. The Balaban J connectivity index is 1.52. The maximum Gasteiger partial charge on any atom is 0.0480 e. The summed E-state index contributed by atoms with van der Waals surface area (Å²) >= 11 is 0. The lowest BCUT2D eigenvalue weighted by molar-refractivity contribution is -0.0383. The molecule has 1 aromatic rings. The highest BCUT2D eigenvalue weighted by atomic mass is 16.5. The van der Waals surface area contributed by atoms with E-state index in [9.17, 15) is 0 Å².